The molecule has 0 aromatic heterocycles. The predicted molar refractivity (Wildman–Crippen MR) is 52.9 cm³/mol. The van der Waals surface area contributed by atoms with Crippen molar-refractivity contribution in [2.45, 2.75) is 19.8 Å². The zero-order chi connectivity index (χ0) is 9.14. The van der Waals surface area contributed by atoms with Crippen LogP contribution in [0.1, 0.15) is 24.0 Å². The molecule has 0 aliphatic heterocycles. The Morgan fingerprint density at radius 3 is 2.75 bits per heavy atom. The molecule has 0 aliphatic rings. The van der Waals surface area contributed by atoms with Crippen LogP contribution in [-0.4, -0.2) is 0 Å². The predicted octanol–water partition coefficient (Wildman–Crippen LogP) is 3.38. The van der Waals surface area contributed by atoms with E-state index in [1.54, 1.807) is 0 Å². The van der Waals surface area contributed by atoms with E-state index in [1.165, 1.54) is 5.56 Å². The Morgan fingerprint density at radius 1 is 1.50 bits per heavy atom. The average Bonchev–Trinajstić information content (AvgIpc) is 2.08. The van der Waals surface area contributed by atoms with Crippen LogP contribution in [0.25, 0.3) is 0 Å². The normalized spacial score (nSPS) is 12.2. The highest BCUT2D eigenvalue weighted by Crippen LogP contribution is 2.25. The number of halogens is 1. The Labute approximate surface area is 81.2 Å². The minimum atomic E-state index is -0.0423. The quantitative estimate of drug-likeness (QED) is 0.717. The van der Waals surface area contributed by atoms with Crippen LogP contribution >= 0.6 is 15.9 Å². The molecule has 0 saturated heterocycles. The smallest absolute Gasteiger partial charge is 0.0701 e. The van der Waals surface area contributed by atoms with Gasteiger partial charge in [0.15, 0.2) is 0 Å². The number of hydrogen-bond donors (Lipinski definition) is 0. The molecule has 1 unspecified atom stereocenters. The van der Waals surface area contributed by atoms with Gasteiger partial charge in [0.2, 0.25) is 0 Å². The van der Waals surface area contributed by atoms with Crippen molar-refractivity contribution in [3.05, 3.63) is 33.8 Å². The molecule has 0 amide bonds. The summed E-state index contributed by atoms with van der Waals surface area (Å²) in [7, 11) is 0. The number of aryl methyl sites for hydroxylation is 1. The molecule has 0 fully saturated rings. The summed E-state index contributed by atoms with van der Waals surface area (Å²) < 4.78 is 1.02. The lowest BCUT2D eigenvalue weighted by Crippen LogP contribution is -1.91. The third kappa shape index (κ3) is 1.86. The fourth-order valence-corrected chi connectivity index (χ4v) is 1.65. The van der Waals surface area contributed by atoms with E-state index in [0.717, 1.165) is 10.0 Å². The summed E-state index contributed by atoms with van der Waals surface area (Å²) in [4.78, 5) is 0. The monoisotopic (exact) mass is 223 g/mol. The highest BCUT2D eigenvalue weighted by molar-refractivity contribution is 9.10. The SMILES string of the molecule is Cc1ccc(Br)c(C(C)C#N)c1. The Morgan fingerprint density at radius 2 is 2.17 bits per heavy atom. The van der Waals surface area contributed by atoms with Gasteiger partial charge in [-0.25, -0.2) is 0 Å². The van der Waals surface area contributed by atoms with Crippen molar-refractivity contribution < 1.29 is 0 Å². The molecule has 0 heterocycles. The molecule has 0 radical (unpaired) electrons. The van der Waals surface area contributed by atoms with E-state index < -0.39 is 0 Å². The van der Waals surface area contributed by atoms with Crippen LogP contribution in [0, 0.1) is 18.3 Å². The van der Waals surface area contributed by atoms with Gasteiger partial charge in [-0.05, 0) is 25.5 Å². The molecule has 62 valence electrons. The van der Waals surface area contributed by atoms with Crippen molar-refractivity contribution in [3.8, 4) is 6.07 Å². The first kappa shape index (κ1) is 9.28. The van der Waals surface area contributed by atoms with Crippen LogP contribution < -0.4 is 0 Å². The highest BCUT2D eigenvalue weighted by Gasteiger charge is 2.07. The lowest BCUT2D eigenvalue weighted by molar-refractivity contribution is 0.970. The average molecular weight is 224 g/mol. The van der Waals surface area contributed by atoms with Crippen molar-refractivity contribution in [1.29, 1.82) is 5.26 Å². The van der Waals surface area contributed by atoms with Crippen LogP contribution in [0.3, 0.4) is 0 Å². The summed E-state index contributed by atoms with van der Waals surface area (Å²) in [5.74, 6) is -0.0423. The third-order valence-electron chi connectivity index (χ3n) is 1.81. The molecule has 2 heteroatoms. The van der Waals surface area contributed by atoms with Crippen molar-refractivity contribution >= 4 is 15.9 Å². The first-order valence-electron chi connectivity index (χ1n) is 3.81. The van der Waals surface area contributed by atoms with Gasteiger partial charge in [-0.1, -0.05) is 33.6 Å². The second-order valence-corrected chi connectivity index (χ2v) is 3.73. The Bertz CT molecular complexity index is 325. The third-order valence-corrected chi connectivity index (χ3v) is 2.53. The van der Waals surface area contributed by atoms with Gasteiger partial charge in [-0.3, -0.25) is 0 Å². The second kappa shape index (κ2) is 3.73. The van der Waals surface area contributed by atoms with Crippen LogP contribution in [-0.2, 0) is 0 Å². The Hall–Kier alpha value is -0.810. The zero-order valence-electron chi connectivity index (χ0n) is 7.13. The van der Waals surface area contributed by atoms with Gasteiger partial charge < -0.3 is 0 Å². The van der Waals surface area contributed by atoms with Crippen molar-refractivity contribution in [3.63, 3.8) is 0 Å². The number of hydrogen-bond acceptors (Lipinski definition) is 1. The summed E-state index contributed by atoms with van der Waals surface area (Å²) >= 11 is 3.42. The van der Waals surface area contributed by atoms with E-state index in [1.807, 2.05) is 32.0 Å². The largest absolute Gasteiger partial charge is 0.198 e. The fraction of sp³-hybridized carbons (Fsp3) is 0.300. The van der Waals surface area contributed by atoms with Crippen LogP contribution in [0.5, 0.6) is 0 Å². The summed E-state index contributed by atoms with van der Waals surface area (Å²) in [6.45, 7) is 3.93. The lowest BCUT2D eigenvalue weighted by Gasteiger charge is -2.06. The van der Waals surface area contributed by atoms with E-state index in [9.17, 15) is 0 Å². The first-order valence-corrected chi connectivity index (χ1v) is 4.60. The Balaban J connectivity index is 3.15. The number of nitrogens with zero attached hydrogens (tertiary/aromatic N) is 1. The van der Waals surface area contributed by atoms with Crippen LogP contribution in [0.2, 0.25) is 0 Å². The standard InChI is InChI=1S/C10H10BrN/c1-7-3-4-10(11)9(5-7)8(2)6-12/h3-5,8H,1-2H3. The summed E-state index contributed by atoms with van der Waals surface area (Å²) in [6.07, 6.45) is 0. The lowest BCUT2D eigenvalue weighted by atomic mass is 10.0. The fourth-order valence-electron chi connectivity index (χ4n) is 1.06. The van der Waals surface area contributed by atoms with E-state index >= 15 is 0 Å². The molecule has 0 saturated carbocycles. The molecule has 1 atom stereocenters. The van der Waals surface area contributed by atoms with E-state index in [0.29, 0.717) is 0 Å². The summed E-state index contributed by atoms with van der Waals surface area (Å²) in [5, 5.41) is 8.73. The maximum atomic E-state index is 8.73. The summed E-state index contributed by atoms with van der Waals surface area (Å²) in [6, 6.07) is 8.27. The maximum absolute atomic E-state index is 8.73. The number of rotatable bonds is 1. The first-order chi connectivity index (χ1) is 5.65. The molecule has 1 rings (SSSR count). The molecule has 0 N–H and O–H groups in total. The molecular weight excluding hydrogens is 214 g/mol. The van der Waals surface area contributed by atoms with Gasteiger partial charge in [-0.15, -0.1) is 0 Å². The maximum Gasteiger partial charge on any atom is 0.0701 e. The van der Waals surface area contributed by atoms with Crippen molar-refractivity contribution in [2.24, 2.45) is 0 Å². The molecule has 0 bridgehead atoms. The molecule has 1 aromatic carbocycles. The number of nitriles is 1. The van der Waals surface area contributed by atoms with Crippen molar-refractivity contribution in [2.75, 3.05) is 0 Å². The molecule has 1 aromatic rings. The molecule has 12 heavy (non-hydrogen) atoms. The zero-order valence-corrected chi connectivity index (χ0v) is 8.72. The van der Waals surface area contributed by atoms with Crippen LogP contribution in [0.15, 0.2) is 22.7 Å². The highest BCUT2D eigenvalue weighted by atomic mass is 79.9. The number of benzene rings is 1. The van der Waals surface area contributed by atoms with Gasteiger partial charge in [0, 0.05) is 4.47 Å². The van der Waals surface area contributed by atoms with Crippen molar-refractivity contribution in [1.82, 2.24) is 0 Å². The molecule has 0 aliphatic carbocycles. The molecular formula is C10H10BrN. The van der Waals surface area contributed by atoms with Gasteiger partial charge in [0.25, 0.3) is 0 Å². The van der Waals surface area contributed by atoms with Crippen LogP contribution in [0.4, 0.5) is 0 Å². The second-order valence-electron chi connectivity index (χ2n) is 2.88. The van der Waals surface area contributed by atoms with Gasteiger partial charge >= 0.3 is 0 Å². The van der Waals surface area contributed by atoms with E-state index in [4.69, 9.17) is 5.26 Å². The Kier molecular flexibility index (Phi) is 2.88. The minimum Gasteiger partial charge on any atom is -0.198 e. The molecule has 0 spiro atoms. The van der Waals surface area contributed by atoms with E-state index in [-0.39, 0.29) is 5.92 Å². The minimum absolute atomic E-state index is 0.0423. The topological polar surface area (TPSA) is 23.8 Å². The van der Waals surface area contributed by atoms with E-state index in [2.05, 4.69) is 22.0 Å². The van der Waals surface area contributed by atoms with Gasteiger partial charge in [-0.2, -0.15) is 5.26 Å². The van der Waals surface area contributed by atoms with Gasteiger partial charge in [0.1, 0.15) is 0 Å². The van der Waals surface area contributed by atoms with Gasteiger partial charge in [0.05, 0.1) is 12.0 Å². The molecule has 1 nitrogen and oxygen atoms in total. The summed E-state index contributed by atoms with van der Waals surface area (Å²) in [5.41, 5.74) is 2.26.